The molecular weight excluding hydrogens is 178 g/mol. The molecule has 0 radical (unpaired) electrons. The maximum atomic E-state index is 3.32. The third kappa shape index (κ3) is 0.893. The highest BCUT2D eigenvalue weighted by Crippen LogP contribution is 2.41. The Morgan fingerprint density at radius 1 is 1.15 bits per heavy atom. The summed E-state index contributed by atoms with van der Waals surface area (Å²) in [6.45, 7) is 2.16. The summed E-state index contributed by atoms with van der Waals surface area (Å²) in [5, 5.41) is 2.75. The molecule has 0 saturated heterocycles. The van der Waals surface area contributed by atoms with E-state index in [1.165, 1.54) is 26.9 Å². The number of nitrogens with one attached hydrogen (secondary N) is 1. The smallest absolute Gasteiger partial charge is 0.0534 e. The topological polar surface area (TPSA) is 12.0 Å². The van der Waals surface area contributed by atoms with Crippen LogP contribution in [0.15, 0.2) is 35.2 Å². The molecule has 0 bridgehead atoms. The third-order valence-corrected chi connectivity index (χ3v) is 3.37. The Bertz CT molecular complexity index is 480. The van der Waals surface area contributed by atoms with Crippen LogP contribution in [0.2, 0.25) is 0 Å². The lowest BCUT2D eigenvalue weighted by atomic mass is 10.0. The van der Waals surface area contributed by atoms with E-state index in [4.69, 9.17) is 0 Å². The van der Waals surface area contributed by atoms with E-state index < -0.39 is 0 Å². The van der Waals surface area contributed by atoms with Gasteiger partial charge in [-0.25, -0.2) is 0 Å². The molecular formula is C11H9NS. The number of hydrogen-bond acceptors (Lipinski definition) is 2. The van der Waals surface area contributed by atoms with Crippen LogP contribution in [0.5, 0.6) is 0 Å². The minimum atomic E-state index is 1.25. The molecule has 1 N–H and O–H groups in total. The molecule has 0 amide bonds. The lowest BCUT2D eigenvalue weighted by molar-refractivity contribution is 1.47. The summed E-state index contributed by atoms with van der Waals surface area (Å²) in [5.41, 5.74) is 2.60. The van der Waals surface area contributed by atoms with Crippen LogP contribution in [0.4, 0.5) is 5.69 Å². The molecule has 13 heavy (non-hydrogen) atoms. The van der Waals surface area contributed by atoms with Gasteiger partial charge >= 0.3 is 0 Å². The van der Waals surface area contributed by atoms with Crippen molar-refractivity contribution in [2.24, 2.45) is 0 Å². The molecule has 0 spiro atoms. The quantitative estimate of drug-likeness (QED) is 0.633. The van der Waals surface area contributed by atoms with Gasteiger partial charge < -0.3 is 4.72 Å². The van der Waals surface area contributed by atoms with E-state index in [0.29, 0.717) is 0 Å². The van der Waals surface area contributed by atoms with Crippen LogP contribution in [0, 0.1) is 6.92 Å². The largest absolute Gasteiger partial charge is 0.325 e. The number of benzene rings is 2. The van der Waals surface area contributed by atoms with Crippen LogP contribution >= 0.6 is 11.9 Å². The van der Waals surface area contributed by atoms with Gasteiger partial charge in [-0.2, -0.15) is 0 Å². The molecule has 1 aliphatic heterocycles. The Labute approximate surface area is 81.3 Å². The van der Waals surface area contributed by atoms with Gasteiger partial charge in [0.1, 0.15) is 0 Å². The Hall–Kier alpha value is -1.15. The Balaban J connectivity index is 2.58. The number of hydrogen-bond donors (Lipinski definition) is 1. The summed E-state index contributed by atoms with van der Waals surface area (Å²) in [5.74, 6) is 0. The fourth-order valence-corrected chi connectivity index (χ4v) is 2.65. The van der Waals surface area contributed by atoms with Crippen molar-refractivity contribution in [2.75, 3.05) is 4.72 Å². The molecule has 1 heterocycles. The first-order valence-corrected chi connectivity index (χ1v) is 5.13. The van der Waals surface area contributed by atoms with Crippen LogP contribution < -0.4 is 4.72 Å². The predicted octanol–water partition coefficient (Wildman–Crippen LogP) is 3.58. The van der Waals surface area contributed by atoms with Crippen LogP contribution in [0.25, 0.3) is 10.8 Å². The van der Waals surface area contributed by atoms with Crippen LogP contribution in [0.1, 0.15) is 5.56 Å². The highest BCUT2D eigenvalue weighted by molar-refractivity contribution is 8.01. The minimum Gasteiger partial charge on any atom is -0.325 e. The van der Waals surface area contributed by atoms with Crippen molar-refractivity contribution in [3.8, 4) is 0 Å². The highest BCUT2D eigenvalue weighted by Gasteiger charge is 2.14. The van der Waals surface area contributed by atoms with Gasteiger partial charge in [-0.15, -0.1) is 0 Å². The molecule has 0 aromatic heterocycles. The first-order chi connectivity index (χ1) is 6.36. The molecule has 0 atom stereocenters. The zero-order valence-corrected chi connectivity index (χ0v) is 8.11. The van der Waals surface area contributed by atoms with Gasteiger partial charge in [-0.3, -0.25) is 0 Å². The van der Waals surface area contributed by atoms with Crippen LogP contribution in [0.3, 0.4) is 0 Å². The predicted molar refractivity (Wildman–Crippen MR) is 58.2 cm³/mol. The maximum Gasteiger partial charge on any atom is 0.0534 e. The maximum absolute atomic E-state index is 3.32. The zero-order valence-electron chi connectivity index (χ0n) is 7.29. The number of aryl methyl sites for hydroxylation is 1. The SMILES string of the molecule is Cc1ccc2c3c(cccc13)NS2. The van der Waals surface area contributed by atoms with Crippen molar-refractivity contribution in [3.05, 3.63) is 35.9 Å². The van der Waals surface area contributed by atoms with Gasteiger partial charge in [-0.05, 0) is 42.0 Å². The normalized spacial score (nSPS) is 13.3. The fourth-order valence-electron chi connectivity index (χ4n) is 1.80. The van der Waals surface area contributed by atoms with Gasteiger partial charge in [0.15, 0.2) is 0 Å². The van der Waals surface area contributed by atoms with E-state index in [1.54, 1.807) is 11.9 Å². The van der Waals surface area contributed by atoms with Crippen molar-refractivity contribution in [3.63, 3.8) is 0 Å². The standard InChI is InChI=1S/C11H9NS/c1-7-5-6-10-11-8(7)3-2-4-9(11)12-13-10/h2-6,12H,1H3. The Morgan fingerprint density at radius 3 is 3.00 bits per heavy atom. The summed E-state index contributed by atoms with van der Waals surface area (Å²) in [4.78, 5) is 1.34. The summed E-state index contributed by atoms with van der Waals surface area (Å²) in [6, 6.07) is 10.8. The second-order valence-corrected chi connectivity index (χ2v) is 4.16. The first-order valence-electron chi connectivity index (χ1n) is 4.31. The molecule has 3 rings (SSSR count). The molecule has 64 valence electrons. The van der Waals surface area contributed by atoms with Crippen LogP contribution in [-0.2, 0) is 0 Å². The molecule has 1 nitrogen and oxygen atoms in total. The average molecular weight is 187 g/mol. The van der Waals surface area contributed by atoms with Gasteiger partial charge in [-0.1, -0.05) is 18.2 Å². The van der Waals surface area contributed by atoms with E-state index in [2.05, 4.69) is 42.0 Å². The van der Waals surface area contributed by atoms with Gasteiger partial charge in [0.25, 0.3) is 0 Å². The van der Waals surface area contributed by atoms with Crippen molar-refractivity contribution in [1.29, 1.82) is 0 Å². The zero-order chi connectivity index (χ0) is 8.84. The lowest BCUT2D eigenvalue weighted by Crippen LogP contribution is -1.79. The van der Waals surface area contributed by atoms with Crippen molar-refractivity contribution in [1.82, 2.24) is 0 Å². The third-order valence-electron chi connectivity index (χ3n) is 2.49. The van der Waals surface area contributed by atoms with E-state index in [9.17, 15) is 0 Å². The van der Waals surface area contributed by atoms with Crippen molar-refractivity contribution < 1.29 is 0 Å². The summed E-state index contributed by atoms with van der Waals surface area (Å²) >= 11 is 1.71. The lowest BCUT2D eigenvalue weighted by Gasteiger charge is -2.02. The van der Waals surface area contributed by atoms with Crippen molar-refractivity contribution >= 4 is 28.4 Å². The Kier molecular flexibility index (Phi) is 1.35. The summed E-state index contributed by atoms with van der Waals surface area (Å²) in [7, 11) is 0. The summed E-state index contributed by atoms with van der Waals surface area (Å²) in [6.07, 6.45) is 0. The average Bonchev–Trinajstić information content (AvgIpc) is 2.57. The van der Waals surface area contributed by atoms with E-state index in [-0.39, 0.29) is 0 Å². The van der Waals surface area contributed by atoms with Gasteiger partial charge in [0, 0.05) is 10.3 Å². The second kappa shape index (κ2) is 2.42. The molecule has 0 fully saturated rings. The summed E-state index contributed by atoms with van der Waals surface area (Å²) < 4.78 is 3.32. The van der Waals surface area contributed by atoms with Gasteiger partial charge in [0.2, 0.25) is 0 Å². The molecule has 0 saturated carbocycles. The first kappa shape index (κ1) is 7.27. The molecule has 2 aromatic rings. The highest BCUT2D eigenvalue weighted by atomic mass is 32.2. The number of anilines is 1. The van der Waals surface area contributed by atoms with E-state index in [1.807, 2.05) is 0 Å². The van der Waals surface area contributed by atoms with Crippen LogP contribution in [-0.4, -0.2) is 0 Å². The fraction of sp³-hybridized carbons (Fsp3) is 0.0909. The minimum absolute atomic E-state index is 1.25. The number of rotatable bonds is 0. The molecule has 0 unspecified atom stereocenters. The van der Waals surface area contributed by atoms with E-state index in [0.717, 1.165) is 0 Å². The molecule has 1 aliphatic rings. The van der Waals surface area contributed by atoms with Gasteiger partial charge in [0.05, 0.1) is 5.69 Å². The molecule has 2 aromatic carbocycles. The Morgan fingerprint density at radius 2 is 2.08 bits per heavy atom. The second-order valence-electron chi connectivity index (χ2n) is 3.31. The van der Waals surface area contributed by atoms with Crippen molar-refractivity contribution in [2.45, 2.75) is 11.8 Å². The van der Waals surface area contributed by atoms with E-state index >= 15 is 0 Å². The molecule has 2 heteroatoms. The molecule has 0 aliphatic carbocycles. The monoisotopic (exact) mass is 187 g/mol.